The number of carbonyl (C=O) groups excluding carboxylic acids is 1. The van der Waals surface area contributed by atoms with Crippen molar-refractivity contribution in [3.63, 3.8) is 0 Å². The second kappa shape index (κ2) is 9.58. The smallest absolute Gasteiger partial charge is 0.222 e. The molecule has 0 fully saturated rings. The lowest BCUT2D eigenvalue weighted by molar-refractivity contribution is -0.121. The van der Waals surface area contributed by atoms with Crippen molar-refractivity contribution >= 4 is 23.2 Å². The van der Waals surface area contributed by atoms with Crippen LogP contribution < -0.4 is 10.1 Å². The number of hydrogen-bond acceptors (Lipinski definition) is 5. The Labute approximate surface area is 198 Å². The fourth-order valence-corrected chi connectivity index (χ4v) is 3.92. The second-order valence-corrected chi connectivity index (χ2v) is 8.55. The van der Waals surface area contributed by atoms with Crippen molar-refractivity contribution < 1.29 is 9.53 Å². The quantitative estimate of drug-likeness (QED) is 0.541. The summed E-state index contributed by atoms with van der Waals surface area (Å²) < 4.78 is 7.46. The van der Waals surface area contributed by atoms with Crippen molar-refractivity contribution in [3.05, 3.63) is 81.9 Å². The van der Waals surface area contributed by atoms with Gasteiger partial charge in [0.25, 0.3) is 0 Å². The van der Waals surface area contributed by atoms with Gasteiger partial charge in [0.15, 0.2) is 5.82 Å². The number of rotatable bonds is 6. The molecule has 0 aliphatic carbocycles. The van der Waals surface area contributed by atoms with Gasteiger partial charge in [-0.1, -0.05) is 35.4 Å². The summed E-state index contributed by atoms with van der Waals surface area (Å²) in [7, 11) is 1.63. The van der Waals surface area contributed by atoms with Crippen LogP contribution in [0.5, 0.6) is 5.75 Å². The molecular weight excluding hydrogens is 438 g/mol. The molecule has 1 aliphatic rings. The Bertz CT molecular complexity index is 1240. The zero-order chi connectivity index (χ0) is 23.5. The summed E-state index contributed by atoms with van der Waals surface area (Å²) >= 11 is 6.14. The monoisotopic (exact) mass is 463 g/mol. The number of ether oxygens (including phenoxy) is 1. The number of nitrogens with zero attached hydrogens (tertiary/aromatic N) is 4. The molecule has 0 bridgehead atoms. The van der Waals surface area contributed by atoms with Gasteiger partial charge in [-0.15, -0.1) is 10.2 Å². The van der Waals surface area contributed by atoms with Crippen LogP contribution in [-0.4, -0.2) is 40.0 Å². The number of amides is 1. The van der Waals surface area contributed by atoms with E-state index in [2.05, 4.69) is 15.5 Å². The third-order valence-electron chi connectivity index (χ3n) is 5.44. The molecule has 4 rings (SSSR count). The van der Waals surface area contributed by atoms with E-state index in [-0.39, 0.29) is 12.3 Å². The maximum absolute atomic E-state index is 12.8. The lowest BCUT2D eigenvalue weighted by Crippen LogP contribution is -2.25. The Morgan fingerprint density at radius 2 is 1.94 bits per heavy atom. The minimum absolute atomic E-state index is 0.104. The van der Waals surface area contributed by atoms with Crippen LogP contribution in [0.15, 0.2) is 59.1 Å². The van der Waals surface area contributed by atoms with Gasteiger partial charge in [0.1, 0.15) is 17.6 Å². The predicted octanol–water partition coefficient (Wildman–Crippen LogP) is 4.60. The first kappa shape index (κ1) is 22.7. The summed E-state index contributed by atoms with van der Waals surface area (Å²) in [4.78, 5) is 17.8. The fraction of sp³-hybridized carbons (Fsp3) is 0.280. The van der Waals surface area contributed by atoms with Crippen molar-refractivity contribution in [1.82, 2.24) is 20.1 Å². The highest BCUT2D eigenvalue weighted by Gasteiger charge is 2.29. The van der Waals surface area contributed by atoms with Crippen molar-refractivity contribution in [3.8, 4) is 11.4 Å². The summed E-state index contributed by atoms with van der Waals surface area (Å²) in [6.45, 7) is 6.36. The number of allylic oxidation sites excluding steroid dienone is 1. The van der Waals surface area contributed by atoms with Crippen molar-refractivity contribution in [2.24, 2.45) is 4.99 Å². The highest BCUT2D eigenvalue weighted by Crippen LogP contribution is 2.34. The van der Waals surface area contributed by atoms with Gasteiger partial charge >= 0.3 is 0 Å². The van der Waals surface area contributed by atoms with Gasteiger partial charge in [-0.05, 0) is 51.1 Å². The van der Waals surface area contributed by atoms with E-state index >= 15 is 0 Å². The summed E-state index contributed by atoms with van der Waals surface area (Å²) in [6, 6.07) is 12.8. The molecule has 2 aromatic carbocycles. The van der Waals surface area contributed by atoms with Crippen LogP contribution in [0.2, 0.25) is 5.02 Å². The van der Waals surface area contributed by atoms with E-state index in [1.54, 1.807) is 7.11 Å². The first-order chi connectivity index (χ1) is 15.9. The van der Waals surface area contributed by atoms with E-state index in [0.29, 0.717) is 23.1 Å². The van der Waals surface area contributed by atoms with Crippen molar-refractivity contribution in [1.29, 1.82) is 0 Å². The molecule has 1 atom stereocenters. The fourth-order valence-electron chi connectivity index (χ4n) is 3.79. The molecule has 1 aliphatic heterocycles. The lowest BCUT2D eigenvalue weighted by atomic mass is 10.00. The summed E-state index contributed by atoms with van der Waals surface area (Å²) in [5.74, 6) is 1.95. The van der Waals surface area contributed by atoms with E-state index in [4.69, 9.17) is 21.3 Å². The number of aromatic nitrogens is 3. The Morgan fingerprint density at radius 3 is 2.64 bits per heavy atom. The second-order valence-electron chi connectivity index (χ2n) is 8.11. The molecule has 0 radical (unpaired) electrons. The Morgan fingerprint density at radius 1 is 1.18 bits per heavy atom. The van der Waals surface area contributed by atoms with Crippen LogP contribution in [0.1, 0.15) is 49.1 Å². The highest BCUT2D eigenvalue weighted by atomic mass is 35.5. The predicted molar refractivity (Wildman–Crippen MR) is 130 cm³/mol. The number of methoxy groups -OCH3 is 1. The molecule has 7 nitrogen and oxygen atoms in total. The minimum atomic E-state index is -0.512. The molecular formula is C25H26ClN5O2. The average molecular weight is 464 g/mol. The third kappa shape index (κ3) is 4.83. The van der Waals surface area contributed by atoms with E-state index in [1.165, 1.54) is 0 Å². The van der Waals surface area contributed by atoms with Crippen LogP contribution in [0.4, 0.5) is 0 Å². The minimum Gasteiger partial charge on any atom is -0.497 e. The van der Waals surface area contributed by atoms with E-state index in [9.17, 15) is 4.79 Å². The summed E-state index contributed by atoms with van der Waals surface area (Å²) in [6.07, 6.45) is 2.12. The molecule has 2 heterocycles. The maximum atomic E-state index is 12.8. The Hall–Kier alpha value is -3.45. The van der Waals surface area contributed by atoms with Crippen LogP contribution in [0.3, 0.4) is 0 Å². The number of aryl methyl sites for hydroxylation is 1. The molecule has 1 amide bonds. The Balaban J connectivity index is 1.84. The topological polar surface area (TPSA) is 81.4 Å². The summed E-state index contributed by atoms with van der Waals surface area (Å²) in [5.41, 5.74) is 4.53. The van der Waals surface area contributed by atoms with Gasteiger partial charge in [0.2, 0.25) is 5.91 Å². The molecule has 1 N–H and O–H groups in total. The van der Waals surface area contributed by atoms with E-state index < -0.39 is 6.04 Å². The first-order valence-electron chi connectivity index (χ1n) is 10.7. The molecule has 0 saturated carbocycles. The van der Waals surface area contributed by atoms with E-state index in [1.807, 2.05) is 73.9 Å². The van der Waals surface area contributed by atoms with Gasteiger partial charge in [-0.3, -0.25) is 14.4 Å². The van der Waals surface area contributed by atoms with Gasteiger partial charge in [-0.2, -0.15) is 0 Å². The third-order valence-corrected chi connectivity index (χ3v) is 5.69. The van der Waals surface area contributed by atoms with Crippen LogP contribution >= 0.6 is 11.6 Å². The maximum Gasteiger partial charge on any atom is 0.222 e. The van der Waals surface area contributed by atoms with Gasteiger partial charge in [-0.25, -0.2) is 0 Å². The molecule has 33 heavy (non-hydrogen) atoms. The molecule has 0 spiro atoms. The standard InChI is InChI=1S/C25H26ClN5O2/c1-15(2)11-12-27-23(32)14-21-25-30-29-16(3)31(25)22-10-9-19(33-4)13-20(22)24(28-21)17-5-7-18(26)8-6-17/h5-11,13,21H,12,14H2,1-4H3,(H,27,32). The average Bonchev–Trinajstić information content (AvgIpc) is 3.11. The number of aliphatic imine (C=N–C) groups is 1. The largest absolute Gasteiger partial charge is 0.497 e. The zero-order valence-electron chi connectivity index (χ0n) is 19.1. The van der Waals surface area contributed by atoms with Crippen LogP contribution in [0.25, 0.3) is 5.69 Å². The number of nitrogens with one attached hydrogen (secondary N) is 1. The SMILES string of the molecule is COc1ccc2c(c1)C(c1ccc(Cl)cc1)=NC(CC(=O)NCC=C(C)C)c1nnc(C)n1-2. The van der Waals surface area contributed by atoms with Gasteiger partial charge in [0, 0.05) is 22.7 Å². The number of fused-ring (bicyclic) bond motifs is 3. The van der Waals surface area contributed by atoms with Gasteiger partial charge < -0.3 is 10.1 Å². The number of benzene rings is 2. The molecule has 1 unspecified atom stereocenters. The zero-order valence-corrected chi connectivity index (χ0v) is 19.8. The van der Waals surface area contributed by atoms with Crippen molar-refractivity contribution in [2.75, 3.05) is 13.7 Å². The molecule has 3 aromatic rings. The van der Waals surface area contributed by atoms with Crippen molar-refractivity contribution in [2.45, 2.75) is 33.2 Å². The normalized spacial score (nSPS) is 14.5. The molecule has 1 aromatic heterocycles. The lowest BCUT2D eigenvalue weighted by Gasteiger charge is -2.14. The number of hydrogen-bond donors (Lipinski definition) is 1. The molecule has 8 heteroatoms. The molecule has 0 saturated heterocycles. The Kier molecular flexibility index (Phi) is 6.60. The van der Waals surface area contributed by atoms with Crippen LogP contribution in [-0.2, 0) is 4.79 Å². The summed E-state index contributed by atoms with van der Waals surface area (Å²) in [5, 5.41) is 12.3. The highest BCUT2D eigenvalue weighted by molar-refractivity contribution is 6.30. The number of carbonyl (C=O) groups is 1. The van der Waals surface area contributed by atoms with Crippen LogP contribution in [0, 0.1) is 6.92 Å². The first-order valence-corrected chi connectivity index (χ1v) is 11.1. The molecule has 170 valence electrons. The van der Waals surface area contributed by atoms with Gasteiger partial charge in [0.05, 0.1) is 24.9 Å². The van der Waals surface area contributed by atoms with E-state index in [0.717, 1.165) is 33.9 Å². The number of halogens is 1.